The Hall–Kier alpha value is -1.18. The molecule has 0 bridgehead atoms. The molecule has 2 aromatic heterocycles. The van der Waals surface area contributed by atoms with Crippen molar-refractivity contribution in [1.82, 2.24) is 15.0 Å². The van der Waals surface area contributed by atoms with Crippen molar-refractivity contribution in [2.45, 2.75) is 18.4 Å². The van der Waals surface area contributed by atoms with Crippen molar-refractivity contribution in [3.8, 4) is 0 Å². The van der Waals surface area contributed by atoms with Gasteiger partial charge in [-0.25, -0.2) is 0 Å². The standard InChI is InChI=1S/C18H17Cl2N3OS2/c1-25-21-8-11-10-5-3-2-4-9(10)6-12(11)23-18(24)13-7-14-16(22-13)15(19)17(20)26-14/h2-5,7,11-12,21-22H,6,8H2,1H3,(H,23,24)/t11-,12-/m1/s1. The van der Waals surface area contributed by atoms with Crippen molar-refractivity contribution < 1.29 is 4.79 Å². The highest BCUT2D eigenvalue weighted by molar-refractivity contribution is 7.96. The third kappa shape index (κ3) is 3.25. The Labute approximate surface area is 169 Å². The Morgan fingerprint density at radius 3 is 2.96 bits per heavy atom. The molecule has 2 atom stereocenters. The largest absolute Gasteiger partial charge is 0.349 e. The van der Waals surface area contributed by atoms with Crippen LogP contribution in [-0.2, 0) is 6.42 Å². The summed E-state index contributed by atoms with van der Waals surface area (Å²) in [7, 11) is 0. The Morgan fingerprint density at radius 1 is 1.38 bits per heavy atom. The summed E-state index contributed by atoms with van der Waals surface area (Å²) >= 11 is 15.2. The molecule has 136 valence electrons. The molecule has 0 radical (unpaired) electrons. The minimum absolute atomic E-state index is 0.0555. The van der Waals surface area contributed by atoms with Gasteiger partial charge in [0.05, 0.1) is 15.2 Å². The summed E-state index contributed by atoms with van der Waals surface area (Å²) < 4.78 is 4.76. The molecule has 1 amide bonds. The predicted molar refractivity (Wildman–Crippen MR) is 112 cm³/mol. The second kappa shape index (κ2) is 7.44. The zero-order chi connectivity index (χ0) is 18.3. The number of amides is 1. The quantitative estimate of drug-likeness (QED) is 0.512. The van der Waals surface area contributed by atoms with Gasteiger partial charge >= 0.3 is 0 Å². The average molecular weight is 426 g/mol. The van der Waals surface area contributed by atoms with Gasteiger partial charge in [0.2, 0.25) is 0 Å². The SMILES string of the molecule is CSNC[C@@H]1c2ccccc2C[C@H]1NC(=O)c1cc2sc(Cl)c(Cl)c2[nH]1. The van der Waals surface area contributed by atoms with Crippen molar-refractivity contribution in [2.24, 2.45) is 0 Å². The molecule has 26 heavy (non-hydrogen) atoms. The molecule has 2 heterocycles. The number of H-pyrrole nitrogens is 1. The van der Waals surface area contributed by atoms with Crippen LogP contribution in [0, 0.1) is 0 Å². The van der Waals surface area contributed by atoms with Crippen LogP contribution < -0.4 is 10.0 Å². The summed E-state index contributed by atoms with van der Waals surface area (Å²) in [5.41, 5.74) is 3.84. The summed E-state index contributed by atoms with van der Waals surface area (Å²) in [6.45, 7) is 0.810. The molecule has 0 fully saturated rings. The maximum Gasteiger partial charge on any atom is 0.268 e. The Balaban J connectivity index is 1.55. The fourth-order valence-electron chi connectivity index (χ4n) is 3.54. The van der Waals surface area contributed by atoms with E-state index in [1.165, 1.54) is 22.5 Å². The number of hydrogen-bond donors (Lipinski definition) is 3. The van der Waals surface area contributed by atoms with Crippen molar-refractivity contribution >= 4 is 62.6 Å². The Morgan fingerprint density at radius 2 is 2.19 bits per heavy atom. The zero-order valence-corrected chi connectivity index (χ0v) is 17.1. The van der Waals surface area contributed by atoms with E-state index in [-0.39, 0.29) is 17.9 Å². The maximum atomic E-state index is 12.8. The minimum Gasteiger partial charge on any atom is -0.349 e. The highest BCUT2D eigenvalue weighted by Gasteiger charge is 2.33. The number of carbonyl (C=O) groups excluding carboxylic acids is 1. The van der Waals surface area contributed by atoms with Gasteiger partial charge in [-0.15, -0.1) is 11.3 Å². The lowest BCUT2D eigenvalue weighted by Gasteiger charge is -2.21. The van der Waals surface area contributed by atoms with Gasteiger partial charge in [0, 0.05) is 18.5 Å². The molecule has 0 aliphatic heterocycles. The van der Waals surface area contributed by atoms with E-state index in [2.05, 4.69) is 33.2 Å². The molecule has 0 spiro atoms. The van der Waals surface area contributed by atoms with Crippen LogP contribution >= 0.6 is 46.5 Å². The van der Waals surface area contributed by atoms with Crippen LogP contribution in [0.5, 0.6) is 0 Å². The van der Waals surface area contributed by atoms with Gasteiger partial charge in [0.25, 0.3) is 5.91 Å². The van der Waals surface area contributed by atoms with E-state index in [0.717, 1.165) is 23.2 Å². The average Bonchev–Trinajstić information content (AvgIpc) is 3.27. The molecule has 4 rings (SSSR count). The monoisotopic (exact) mass is 425 g/mol. The van der Waals surface area contributed by atoms with Gasteiger partial charge in [-0.05, 0) is 29.9 Å². The number of halogens is 2. The third-order valence-corrected chi connectivity index (χ3v) is 7.15. The number of aromatic amines is 1. The van der Waals surface area contributed by atoms with Crippen molar-refractivity contribution in [2.75, 3.05) is 12.8 Å². The molecule has 3 aromatic rings. The van der Waals surface area contributed by atoms with Crippen LogP contribution in [0.2, 0.25) is 9.36 Å². The van der Waals surface area contributed by atoms with E-state index in [0.29, 0.717) is 15.1 Å². The van der Waals surface area contributed by atoms with Gasteiger partial charge < -0.3 is 10.3 Å². The summed E-state index contributed by atoms with van der Waals surface area (Å²) in [6, 6.07) is 10.3. The van der Waals surface area contributed by atoms with Gasteiger partial charge in [-0.3, -0.25) is 9.52 Å². The molecular weight excluding hydrogens is 409 g/mol. The number of benzene rings is 1. The third-order valence-electron chi connectivity index (χ3n) is 4.76. The van der Waals surface area contributed by atoms with E-state index in [4.69, 9.17) is 23.2 Å². The first kappa shape index (κ1) is 18.2. The molecule has 1 aromatic carbocycles. The predicted octanol–water partition coefficient (Wildman–Crippen LogP) is 4.84. The molecule has 3 N–H and O–H groups in total. The number of fused-ring (bicyclic) bond motifs is 2. The van der Waals surface area contributed by atoms with Crippen LogP contribution in [0.25, 0.3) is 10.2 Å². The lowest BCUT2D eigenvalue weighted by Crippen LogP contribution is -2.40. The normalized spacial score (nSPS) is 19.0. The number of aromatic nitrogens is 1. The molecule has 0 unspecified atom stereocenters. The second-order valence-corrected chi connectivity index (χ2v) is 8.98. The molecule has 0 saturated heterocycles. The van der Waals surface area contributed by atoms with Gasteiger partial charge in [0.15, 0.2) is 0 Å². The number of nitrogens with one attached hydrogen (secondary N) is 3. The number of hydrogen-bond acceptors (Lipinski definition) is 4. The highest BCUT2D eigenvalue weighted by Crippen LogP contribution is 2.39. The topological polar surface area (TPSA) is 56.9 Å². The van der Waals surface area contributed by atoms with Crippen LogP contribution in [0.1, 0.15) is 27.5 Å². The summed E-state index contributed by atoms with van der Waals surface area (Å²) in [5.74, 6) is 0.129. The molecule has 1 aliphatic carbocycles. The van der Waals surface area contributed by atoms with Gasteiger partial charge in [-0.2, -0.15) is 0 Å². The fourth-order valence-corrected chi connectivity index (χ4v) is 5.37. The molecule has 1 aliphatic rings. The molecular formula is C18H17Cl2N3OS2. The van der Waals surface area contributed by atoms with E-state index in [1.807, 2.05) is 18.4 Å². The molecule has 4 nitrogen and oxygen atoms in total. The van der Waals surface area contributed by atoms with E-state index < -0.39 is 0 Å². The first-order chi connectivity index (χ1) is 12.6. The van der Waals surface area contributed by atoms with E-state index >= 15 is 0 Å². The first-order valence-corrected chi connectivity index (χ1v) is 11.0. The van der Waals surface area contributed by atoms with E-state index in [1.54, 1.807) is 11.9 Å². The molecule has 0 saturated carbocycles. The lowest BCUT2D eigenvalue weighted by molar-refractivity contribution is 0.0929. The number of thiophene rings is 1. The Bertz CT molecular complexity index is 969. The van der Waals surface area contributed by atoms with Crippen molar-refractivity contribution in [3.05, 3.63) is 56.5 Å². The van der Waals surface area contributed by atoms with Crippen LogP contribution in [0.4, 0.5) is 0 Å². The summed E-state index contributed by atoms with van der Waals surface area (Å²) in [4.78, 5) is 15.9. The smallest absolute Gasteiger partial charge is 0.268 e. The second-order valence-electron chi connectivity index (χ2n) is 6.25. The van der Waals surface area contributed by atoms with Gasteiger partial charge in [-0.1, -0.05) is 59.4 Å². The van der Waals surface area contributed by atoms with Crippen molar-refractivity contribution in [1.29, 1.82) is 0 Å². The highest BCUT2D eigenvalue weighted by atomic mass is 35.5. The lowest BCUT2D eigenvalue weighted by atomic mass is 9.98. The minimum atomic E-state index is -0.118. The molecule has 8 heteroatoms. The number of carbonyl (C=O) groups is 1. The Kier molecular flexibility index (Phi) is 5.21. The van der Waals surface area contributed by atoms with Crippen molar-refractivity contribution in [3.63, 3.8) is 0 Å². The summed E-state index contributed by atoms with van der Waals surface area (Å²) in [5, 5.41) is 3.67. The van der Waals surface area contributed by atoms with Crippen LogP contribution in [0.15, 0.2) is 30.3 Å². The number of rotatable bonds is 5. The first-order valence-electron chi connectivity index (χ1n) is 8.19. The van der Waals surface area contributed by atoms with Crippen LogP contribution in [0.3, 0.4) is 0 Å². The summed E-state index contributed by atoms with van der Waals surface area (Å²) in [6.07, 6.45) is 2.85. The van der Waals surface area contributed by atoms with Gasteiger partial charge in [0.1, 0.15) is 10.0 Å². The van der Waals surface area contributed by atoms with Crippen LogP contribution in [-0.4, -0.2) is 29.7 Å². The fraction of sp³-hybridized carbons (Fsp3) is 0.278. The van der Waals surface area contributed by atoms with E-state index in [9.17, 15) is 4.79 Å². The maximum absolute atomic E-state index is 12.8. The zero-order valence-electron chi connectivity index (χ0n) is 13.9.